The van der Waals surface area contributed by atoms with Crippen LogP contribution < -0.4 is 4.74 Å². The first-order valence-electron chi connectivity index (χ1n) is 14.9. The molecule has 0 spiro atoms. The number of rotatable bonds is 12. The van der Waals surface area contributed by atoms with Gasteiger partial charge in [0.2, 0.25) is 0 Å². The molecule has 6 atom stereocenters. The molecule has 0 saturated carbocycles. The van der Waals surface area contributed by atoms with Crippen LogP contribution in [-0.2, 0) is 41.6 Å². The molecule has 2 heterocycles. The van der Waals surface area contributed by atoms with Gasteiger partial charge in [0.15, 0.2) is 12.6 Å². The molecule has 7 heteroatoms. The van der Waals surface area contributed by atoms with Gasteiger partial charge >= 0.3 is 0 Å². The molecule has 2 saturated heterocycles. The number of fused-ring (bicyclic) bond motifs is 1. The van der Waals surface area contributed by atoms with Gasteiger partial charge in [-0.05, 0) is 41.5 Å². The maximum Gasteiger partial charge on any atom is 0.187 e. The van der Waals surface area contributed by atoms with E-state index in [1.807, 2.05) is 72.8 Å². The fraction of sp³-hybridized carbons (Fsp3) is 0.486. The predicted molar refractivity (Wildman–Crippen MR) is 160 cm³/mol. The summed E-state index contributed by atoms with van der Waals surface area (Å²) in [5.74, 6) is 0.779. The zero-order chi connectivity index (χ0) is 29.4. The number of benzene rings is 3. The van der Waals surface area contributed by atoms with Crippen molar-refractivity contribution in [3.63, 3.8) is 0 Å². The van der Waals surface area contributed by atoms with E-state index in [0.717, 1.165) is 35.3 Å². The Hall–Kier alpha value is -2.78. The van der Waals surface area contributed by atoms with E-state index in [2.05, 4.69) is 32.9 Å². The Morgan fingerprint density at radius 2 is 1.38 bits per heavy atom. The fourth-order valence-corrected chi connectivity index (χ4v) is 5.32. The summed E-state index contributed by atoms with van der Waals surface area (Å²) in [6, 6.07) is 27.9. The number of hydrogen-bond donors (Lipinski definition) is 0. The monoisotopic (exact) mass is 576 g/mol. The first kappa shape index (κ1) is 30.7. The Morgan fingerprint density at radius 1 is 0.738 bits per heavy atom. The van der Waals surface area contributed by atoms with Gasteiger partial charge in [-0.15, -0.1) is 0 Å². The SMILES string of the molecule is COc1ccc([C@@H]2OC[C@H]3O[C@H](OCc4ccccc4)[C@H](OCc4ccccc4)[C@@H](OCCCC(C)(C)C)[C@@H]3O2)cc1. The van der Waals surface area contributed by atoms with Gasteiger partial charge in [0.05, 0.1) is 26.9 Å². The average molecular weight is 577 g/mol. The second kappa shape index (κ2) is 14.6. The molecular formula is C35H44O7. The third-order valence-corrected chi connectivity index (χ3v) is 7.60. The number of hydrogen-bond acceptors (Lipinski definition) is 7. The first-order chi connectivity index (χ1) is 20.4. The minimum atomic E-state index is -0.660. The van der Waals surface area contributed by atoms with E-state index >= 15 is 0 Å². The zero-order valence-corrected chi connectivity index (χ0v) is 25.1. The van der Waals surface area contributed by atoms with Crippen molar-refractivity contribution in [2.24, 2.45) is 5.41 Å². The fourth-order valence-electron chi connectivity index (χ4n) is 5.32. The van der Waals surface area contributed by atoms with Crippen LogP contribution in [0.2, 0.25) is 0 Å². The third-order valence-electron chi connectivity index (χ3n) is 7.60. The van der Waals surface area contributed by atoms with E-state index < -0.39 is 30.9 Å². The Balaban J connectivity index is 1.38. The van der Waals surface area contributed by atoms with Crippen molar-refractivity contribution in [2.45, 2.75) is 83.8 Å². The quantitative estimate of drug-likeness (QED) is 0.219. The van der Waals surface area contributed by atoms with E-state index in [4.69, 9.17) is 33.2 Å². The molecule has 0 radical (unpaired) electrons. The van der Waals surface area contributed by atoms with Crippen LogP contribution in [0.5, 0.6) is 5.75 Å². The van der Waals surface area contributed by atoms with Crippen LogP contribution in [-0.4, -0.2) is 51.0 Å². The molecule has 5 rings (SSSR count). The Kier molecular flexibility index (Phi) is 10.7. The van der Waals surface area contributed by atoms with Crippen molar-refractivity contribution >= 4 is 0 Å². The standard InChI is InChI=1S/C35H44O7/c1-35(2,3)20-11-21-37-31-30-29(24-40-33(42-30)27-16-18-28(36-4)19-17-27)41-34(39-23-26-14-9-6-10-15-26)32(31)38-22-25-12-7-5-8-13-25/h5-10,12-19,29-34H,11,20-24H2,1-4H3/t29-,30-,31+,32-,33-,34+/m1/s1. The lowest BCUT2D eigenvalue weighted by Crippen LogP contribution is -2.63. The van der Waals surface area contributed by atoms with Gasteiger partial charge in [-0.2, -0.15) is 0 Å². The maximum atomic E-state index is 6.67. The van der Waals surface area contributed by atoms with Crippen molar-refractivity contribution in [3.8, 4) is 5.75 Å². The minimum absolute atomic E-state index is 0.223. The van der Waals surface area contributed by atoms with Crippen LogP contribution in [0.15, 0.2) is 84.9 Å². The lowest BCUT2D eigenvalue weighted by atomic mass is 9.91. The van der Waals surface area contributed by atoms with Gasteiger partial charge in [0, 0.05) is 12.2 Å². The molecule has 2 aliphatic heterocycles. The summed E-state index contributed by atoms with van der Waals surface area (Å²) in [6.07, 6.45) is -0.950. The normalized spacial score (nSPS) is 26.0. The molecule has 0 unspecified atom stereocenters. The Morgan fingerprint density at radius 3 is 2.00 bits per heavy atom. The van der Waals surface area contributed by atoms with Crippen LogP contribution in [0.4, 0.5) is 0 Å². The van der Waals surface area contributed by atoms with Crippen LogP contribution in [0.1, 0.15) is 56.6 Å². The van der Waals surface area contributed by atoms with Gasteiger partial charge < -0.3 is 33.2 Å². The lowest BCUT2D eigenvalue weighted by molar-refractivity contribution is -0.373. The van der Waals surface area contributed by atoms with Crippen LogP contribution in [0.25, 0.3) is 0 Å². The molecule has 42 heavy (non-hydrogen) atoms. The van der Waals surface area contributed by atoms with E-state index in [0.29, 0.717) is 26.4 Å². The summed E-state index contributed by atoms with van der Waals surface area (Å²) in [4.78, 5) is 0. The second-order valence-electron chi connectivity index (χ2n) is 12.1. The van der Waals surface area contributed by atoms with E-state index in [1.54, 1.807) is 7.11 Å². The number of ether oxygens (including phenoxy) is 7. The maximum absolute atomic E-state index is 6.67. The number of methoxy groups -OCH3 is 1. The van der Waals surface area contributed by atoms with E-state index in [9.17, 15) is 0 Å². The molecular weight excluding hydrogens is 532 g/mol. The molecule has 2 aliphatic rings. The molecule has 0 amide bonds. The van der Waals surface area contributed by atoms with Gasteiger partial charge in [-0.3, -0.25) is 0 Å². The van der Waals surface area contributed by atoms with Crippen molar-refractivity contribution in [3.05, 3.63) is 102 Å². The van der Waals surface area contributed by atoms with Crippen molar-refractivity contribution < 1.29 is 33.2 Å². The summed E-state index contributed by atoms with van der Waals surface area (Å²) in [7, 11) is 1.65. The lowest BCUT2D eigenvalue weighted by Gasteiger charge is -2.49. The molecule has 3 aromatic carbocycles. The van der Waals surface area contributed by atoms with Crippen molar-refractivity contribution in [1.29, 1.82) is 0 Å². The molecule has 0 bridgehead atoms. The predicted octanol–water partition coefficient (Wildman–Crippen LogP) is 6.85. The molecule has 0 N–H and O–H groups in total. The van der Waals surface area contributed by atoms with E-state index in [1.165, 1.54) is 0 Å². The highest BCUT2D eigenvalue weighted by Crippen LogP contribution is 2.38. The molecule has 0 aliphatic carbocycles. The van der Waals surface area contributed by atoms with Crippen molar-refractivity contribution in [2.75, 3.05) is 20.3 Å². The molecule has 0 aromatic heterocycles. The highest BCUT2D eigenvalue weighted by atomic mass is 16.8. The largest absolute Gasteiger partial charge is 0.497 e. The van der Waals surface area contributed by atoms with Crippen LogP contribution in [0, 0.1) is 5.41 Å². The Bertz CT molecular complexity index is 1200. The highest BCUT2D eigenvalue weighted by Gasteiger charge is 2.51. The summed E-state index contributed by atoms with van der Waals surface area (Å²) >= 11 is 0. The van der Waals surface area contributed by atoms with Gasteiger partial charge in [-0.1, -0.05) is 93.6 Å². The summed E-state index contributed by atoms with van der Waals surface area (Å²) in [6.45, 7) is 8.46. The van der Waals surface area contributed by atoms with Gasteiger partial charge in [0.1, 0.15) is 30.2 Å². The highest BCUT2D eigenvalue weighted by molar-refractivity contribution is 5.28. The summed E-state index contributed by atoms with van der Waals surface area (Å²) in [5.41, 5.74) is 3.26. The van der Waals surface area contributed by atoms with Gasteiger partial charge in [0.25, 0.3) is 0 Å². The molecule has 226 valence electrons. The zero-order valence-electron chi connectivity index (χ0n) is 25.1. The van der Waals surface area contributed by atoms with Crippen LogP contribution >= 0.6 is 0 Å². The molecule has 2 fully saturated rings. The third kappa shape index (κ3) is 8.40. The average Bonchev–Trinajstić information content (AvgIpc) is 3.01. The van der Waals surface area contributed by atoms with E-state index in [-0.39, 0.29) is 11.5 Å². The summed E-state index contributed by atoms with van der Waals surface area (Å²) in [5, 5.41) is 0. The topological polar surface area (TPSA) is 64.6 Å². The van der Waals surface area contributed by atoms with Crippen LogP contribution in [0.3, 0.4) is 0 Å². The Labute approximate surface area is 250 Å². The van der Waals surface area contributed by atoms with Crippen molar-refractivity contribution in [1.82, 2.24) is 0 Å². The molecule has 3 aromatic rings. The van der Waals surface area contributed by atoms with Gasteiger partial charge in [-0.25, -0.2) is 0 Å². The second-order valence-corrected chi connectivity index (χ2v) is 12.1. The minimum Gasteiger partial charge on any atom is -0.497 e. The summed E-state index contributed by atoms with van der Waals surface area (Å²) < 4.78 is 44.3. The molecule has 7 nitrogen and oxygen atoms in total. The smallest absolute Gasteiger partial charge is 0.187 e. The first-order valence-corrected chi connectivity index (χ1v) is 14.9.